The molecule has 0 N–H and O–H groups in total. The van der Waals surface area contributed by atoms with E-state index in [2.05, 4.69) is 26.8 Å². The third-order valence-corrected chi connectivity index (χ3v) is 2.70. The van der Waals surface area contributed by atoms with Crippen molar-refractivity contribution in [1.29, 1.82) is 0 Å². The van der Waals surface area contributed by atoms with Gasteiger partial charge in [-0.2, -0.15) is 0 Å². The van der Waals surface area contributed by atoms with Gasteiger partial charge in [0, 0.05) is 5.38 Å². The van der Waals surface area contributed by atoms with Crippen LogP contribution < -0.4 is 0 Å². The minimum atomic E-state index is -0.518. The molecule has 1 heterocycles. The van der Waals surface area contributed by atoms with Gasteiger partial charge < -0.3 is 4.74 Å². The van der Waals surface area contributed by atoms with E-state index >= 15 is 0 Å². The highest BCUT2D eigenvalue weighted by molar-refractivity contribution is 9.10. The van der Waals surface area contributed by atoms with E-state index in [1.54, 1.807) is 12.3 Å². The molecule has 3 nitrogen and oxygen atoms in total. The van der Waals surface area contributed by atoms with E-state index in [-0.39, 0.29) is 0 Å². The normalized spacial score (nSPS) is 11.8. The molecule has 0 radical (unpaired) electrons. The molecule has 68 valence electrons. The number of carbonyl (C=O) groups excluding carboxylic acids is 1. The molecule has 0 aliphatic carbocycles. The summed E-state index contributed by atoms with van der Waals surface area (Å²) in [6, 6.07) is 0. The number of terminal acetylenes is 1. The van der Waals surface area contributed by atoms with Gasteiger partial charge in [0.2, 0.25) is 5.01 Å². The molecule has 1 unspecified atom stereocenters. The molecule has 13 heavy (non-hydrogen) atoms. The summed E-state index contributed by atoms with van der Waals surface area (Å²) in [5.41, 5.74) is 0. The largest absolute Gasteiger partial charge is 0.444 e. The summed E-state index contributed by atoms with van der Waals surface area (Å²) in [5, 5.41) is 2.01. The fourth-order valence-corrected chi connectivity index (χ4v) is 1.72. The molecule has 1 rings (SSSR count). The Bertz CT molecular complexity index is 355. The summed E-state index contributed by atoms with van der Waals surface area (Å²) in [7, 11) is 0. The lowest BCUT2D eigenvalue weighted by Crippen LogP contribution is -2.12. The maximum atomic E-state index is 11.2. The molecular formula is C8H6BrNO2S. The van der Waals surface area contributed by atoms with Crippen LogP contribution in [0.4, 0.5) is 0 Å². The van der Waals surface area contributed by atoms with E-state index in [1.165, 1.54) is 11.3 Å². The number of nitrogens with zero attached hydrogens (tertiary/aromatic N) is 1. The molecule has 0 fully saturated rings. The number of hydrogen-bond acceptors (Lipinski definition) is 4. The standard InChI is InChI=1S/C8H6BrNO2S/c1-3-5(2)12-8(11)7-10-6(9)4-13-7/h1,4-5H,2H3. The lowest BCUT2D eigenvalue weighted by atomic mass is 10.4. The maximum absolute atomic E-state index is 11.2. The van der Waals surface area contributed by atoms with Gasteiger partial charge in [0.15, 0.2) is 6.10 Å². The minimum Gasteiger partial charge on any atom is -0.444 e. The number of carbonyl (C=O) groups is 1. The highest BCUT2D eigenvalue weighted by Crippen LogP contribution is 2.15. The van der Waals surface area contributed by atoms with Crippen LogP contribution in [0.15, 0.2) is 9.98 Å². The van der Waals surface area contributed by atoms with Gasteiger partial charge in [0.25, 0.3) is 0 Å². The maximum Gasteiger partial charge on any atom is 0.368 e. The van der Waals surface area contributed by atoms with Gasteiger partial charge >= 0.3 is 5.97 Å². The van der Waals surface area contributed by atoms with E-state index in [4.69, 9.17) is 11.2 Å². The second-order valence-corrected chi connectivity index (χ2v) is 3.86. The predicted octanol–water partition coefficient (Wildman–Crippen LogP) is 2.08. The van der Waals surface area contributed by atoms with Crippen LogP contribution in [0.5, 0.6) is 0 Å². The van der Waals surface area contributed by atoms with Gasteiger partial charge in [-0.3, -0.25) is 0 Å². The Hall–Kier alpha value is -0.860. The average molecular weight is 260 g/mol. The van der Waals surface area contributed by atoms with Crippen LogP contribution in [0.3, 0.4) is 0 Å². The van der Waals surface area contributed by atoms with Crippen molar-refractivity contribution in [2.24, 2.45) is 0 Å². The highest BCUT2D eigenvalue weighted by Gasteiger charge is 2.13. The van der Waals surface area contributed by atoms with Gasteiger partial charge in [0.1, 0.15) is 4.60 Å². The predicted molar refractivity (Wildman–Crippen MR) is 53.5 cm³/mol. The van der Waals surface area contributed by atoms with E-state index in [0.29, 0.717) is 9.61 Å². The fourth-order valence-electron chi connectivity index (χ4n) is 0.593. The van der Waals surface area contributed by atoms with Crippen LogP contribution in [-0.4, -0.2) is 17.1 Å². The van der Waals surface area contributed by atoms with Crippen LogP contribution >= 0.6 is 27.3 Å². The second-order valence-electron chi connectivity index (χ2n) is 2.19. The Morgan fingerprint density at radius 1 is 1.92 bits per heavy atom. The van der Waals surface area contributed by atoms with Gasteiger partial charge in [-0.15, -0.1) is 17.8 Å². The summed E-state index contributed by atoms with van der Waals surface area (Å²) in [6.07, 6.45) is 4.53. The third kappa shape index (κ3) is 2.83. The molecule has 1 aromatic rings. The number of halogens is 1. The second kappa shape index (κ2) is 4.40. The summed E-state index contributed by atoms with van der Waals surface area (Å²) in [4.78, 5) is 15.1. The summed E-state index contributed by atoms with van der Waals surface area (Å²) >= 11 is 4.34. The molecule has 0 aliphatic rings. The minimum absolute atomic E-state index is 0.300. The Labute approximate surface area is 88.3 Å². The zero-order chi connectivity index (χ0) is 9.84. The highest BCUT2D eigenvalue weighted by atomic mass is 79.9. The van der Waals surface area contributed by atoms with Crippen LogP contribution in [0.1, 0.15) is 16.7 Å². The van der Waals surface area contributed by atoms with Crippen molar-refractivity contribution in [1.82, 2.24) is 4.98 Å². The molecule has 0 saturated heterocycles. The Balaban J connectivity index is 2.65. The molecule has 0 bridgehead atoms. The van der Waals surface area contributed by atoms with E-state index in [1.807, 2.05) is 0 Å². The number of esters is 1. The van der Waals surface area contributed by atoms with E-state index in [0.717, 1.165) is 0 Å². The monoisotopic (exact) mass is 259 g/mol. The first-order valence-electron chi connectivity index (χ1n) is 3.41. The van der Waals surface area contributed by atoms with E-state index < -0.39 is 12.1 Å². The molecule has 5 heteroatoms. The Morgan fingerprint density at radius 2 is 2.62 bits per heavy atom. The number of aromatic nitrogens is 1. The SMILES string of the molecule is C#CC(C)OC(=O)c1nc(Br)cs1. The smallest absolute Gasteiger partial charge is 0.368 e. The molecule has 0 saturated carbocycles. The van der Waals surface area contributed by atoms with Crippen LogP contribution in [0, 0.1) is 12.3 Å². The number of thiazole rings is 1. The van der Waals surface area contributed by atoms with Crippen LogP contribution in [-0.2, 0) is 4.74 Å². The van der Waals surface area contributed by atoms with Crippen molar-refractivity contribution in [2.75, 3.05) is 0 Å². The molecule has 0 aromatic carbocycles. The fraction of sp³-hybridized carbons (Fsp3) is 0.250. The summed E-state index contributed by atoms with van der Waals surface area (Å²) in [6.45, 7) is 1.63. The Kier molecular flexibility index (Phi) is 3.46. The van der Waals surface area contributed by atoms with Crippen molar-refractivity contribution in [3.63, 3.8) is 0 Å². The van der Waals surface area contributed by atoms with Gasteiger partial charge in [-0.25, -0.2) is 9.78 Å². The lowest BCUT2D eigenvalue weighted by Gasteiger charge is -2.03. The summed E-state index contributed by atoms with van der Waals surface area (Å²) < 4.78 is 5.47. The topological polar surface area (TPSA) is 39.2 Å². The van der Waals surface area contributed by atoms with Crippen molar-refractivity contribution in [2.45, 2.75) is 13.0 Å². The van der Waals surface area contributed by atoms with Crippen molar-refractivity contribution < 1.29 is 9.53 Å². The molecule has 0 aliphatic heterocycles. The molecule has 0 amide bonds. The van der Waals surface area contributed by atoms with Crippen molar-refractivity contribution >= 4 is 33.2 Å². The summed E-state index contributed by atoms with van der Waals surface area (Å²) in [5.74, 6) is 1.81. The molecular weight excluding hydrogens is 254 g/mol. The van der Waals surface area contributed by atoms with Crippen molar-refractivity contribution in [3.05, 3.63) is 15.0 Å². The van der Waals surface area contributed by atoms with Gasteiger partial charge in [0.05, 0.1) is 0 Å². The first kappa shape index (κ1) is 10.2. The van der Waals surface area contributed by atoms with Crippen LogP contribution in [0.25, 0.3) is 0 Å². The first-order chi connectivity index (χ1) is 6.13. The zero-order valence-corrected chi connectivity index (χ0v) is 9.18. The zero-order valence-electron chi connectivity index (χ0n) is 6.78. The first-order valence-corrected chi connectivity index (χ1v) is 5.09. The van der Waals surface area contributed by atoms with Crippen LogP contribution in [0.2, 0.25) is 0 Å². The van der Waals surface area contributed by atoms with E-state index in [9.17, 15) is 4.79 Å². The number of ether oxygens (including phenoxy) is 1. The number of rotatable bonds is 2. The average Bonchev–Trinajstić information content (AvgIpc) is 2.51. The van der Waals surface area contributed by atoms with Crippen molar-refractivity contribution in [3.8, 4) is 12.3 Å². The molecule has 0 spiro atoms. The quantitative estimate of drug-likeness (QED) is 0.603. The van der Waals surface area contributed by atoms with Gasteiger partial charge in [-0.05, 0) is 22.9 Å². The molecule has 1 aromatic heterocycles. The number of hydrogen-bond donors (Lipinski definition) is 0. The molecule has 1 atom stereocenters. The third-order valence-electron chi connectivity index (χ3n) is 1.17. The lowest BCUT2D eigenvalue weighted by molar-refractivity contribution is 0.0438. The van der Waals surface area contributed by atoms with Gasteiger partial charge in [-0.1, -0.05) is 5.92 Å². The Morgan fingerprint density at radius 3 is 3.08 bits per heavy atom.